The first-order valence-electron chi connectivity index (χ1n) is 18.2. The van der Waals surface area contributed by atoms with E-state index in [2.05, 4.69) is 19.9 Å². The average Bonchev–Trinajstić information content (AvgIpc) is 3.89. The number of benzene rings is 3. The highest BCUT2D eigenvalue weighted by molar-refractivity contribution is 5.98. The van der Waals surface area contributed by atoms with E-state index in [-0.39, 0.29) is 31.9 Å². The molecule has 17 heteroatoms. The Kier molecular flexibility index (Phi) is 9.80. The SMILES string of the molecule is CC(C)N1C(=O)N(c2ccc(N3CCN(c4ccc(OC[C@H]5OC[C@](Cn6cncn6)(c6ccc(F)cc6F)O5)cc4)CC3)cc2)CC12OC(=O)C=CC(=O)O2. The zero-order valence-corrected chi connectivity index (χ0v) is 30.6. The van der Waals surface area contributed by atoms with Crippen molar-refractivity contribution < 1.29 is 46.8 Å². The van der Waals surface area contributed by atoms with Gasteiger partial charge in [-0.25, -0.2) is 37.7 Å². The average molecular weight is 772 g/mol. The topological polar surface area (TPSA) is 141 Å². The molecule has 3 fully saturated rings. The van der Waals surface area contributed by atoms with Crippen LogP contribution in [0.4, 0.5) is 30.6 Å². The largest absolute Gasteiger partial charge is 0.488 e. The number of piperazine rings is 1. The molecule has 1 spiro atoms. The Labute approximate surface area is 320 Å². The maximum Gasteiger partial charge on any atom is 0.365 e. The standard InChI is InChI=1S/C39H39F2N7O8/c1-26(2)48-37(51)47(22-39(48)54-34(49)13-14-35(50)55-39)30-6-4-28(5-7-30)44-15-17-45(18-16-44)29-8-10-31(11-9-29)52-20-36-53-23-38(56-36,21-46-25-42-24-43-46)32-12-3-27(40)19-33(32)41/h3-14,19,24-26,36H,15-18,20-23H2,1-2H3/t36-,38+/m0/s1. The van der Waals surface area contributed by atoms with Crippen LogP contribution in [0, 0.1) is 11.6 Å². The summed E-state index contributed by atoms with van der Waals surface area (Å²) in [7, 11) is 0. The van der Waals surface area contributed by atoms with Crippen molar-refractivity contribution in [1.82, 2.24) is 19.7 Å². The number of amides is 2. The maximum absolute atomic E-state index is 14.9. The number of nitrogens with zero attached hydrogens (tertiary/aromatic N) is 7. The lowest BCUT2D eigenvalue weighted by Gasteiger charge is -2.37. The number of halogens is 2. The Morgan fingerprint density at radius 3 is 2.07 bits per heavy atom. The predicted molar refractivity (Wildman–Crippen MR) is 195 cm³/mol. The van der Waals surface area contributed by atoms with E-state index in [9.17, 15) is 23.2 Å². The smallest absolute Gasteiger partial charge is 0.365 e. The number of rotatable bonds is 10. The summed E-state index contributed by atoms with van der Waals surface area (Å²) in [6, 6.07) is 17.7. The Morgan fingerprint density at radius 2 is 1.48 bits per heavy atom. The minimum atomic E-state index is -1.87. The molecule has 56 heavy (non-hydrogen) atoms. The van der Waals surface area contributed by atoms with Crippen LogP contribution in [0.15, 0.2) is 91.5 Å². The van der Waals surface area contributed by atoms with E-state index in [4.69, 9.17) is 23.7 Å². The molecule has 0 aliphatic carbocycles. The molecule has 0 unspecified atom stereocenters. The van der Waals surface area contributed by atoms with Crippen molar-refractivity contribution in [2.45, 2.75) is 44.2 Å². The second kappa shape index (κ2) is 14.9. The molecule has 15 nitrogen and oxygen atoms in total. The van der Waals surface area contributed by atoms with Crippen LogP contribution < -0.4 is 19.4 Å². The lowest BCUT2D eigenvalue weighted by Crippen LogP contribution is -2.55. The van der Waals surface area contributed by atoms with Crippen molar-refractivity contribution in [3.05, 3.63) is 109 Å². The second-order valence-corrected chi connectivity index (χ2v) is 14.1. The Hall–Kier alpha value is -6.07. The summed E-state index contributed by atoms with van der Waals surface area (Å²) >= 11 is 0. The third-order valence-electron chi connectivity index (χ3n) is 10.1. The van der Waals surface area contributed by atoms with Gasteiger partial charge in [-0.2, -0.15) is 5.10 Å². The van der Waals surface area contributed by atoms with E-state index >= 15 is 0 Å². The van der Waals surface area contributed by atoms with E-state index in [1.807, 2.05) is 48.5 Å². The summed E-state index contributed by atoms with van der Waals surface area (Å²) in [6.45, 7) is 6.53. The van der Waals surface area contributed by atoms with Gasteiger partial charge in [0.1, 0.15) is 48.8 Å². The van der Waals surface area contributed by atoms with E-state index in [1.54, 1.807) is 13.8 Å². The van der Waals surface area contributed by atoms with Gasteiger partial charge in [-0.3, -0.25) is 4.90 Å². The van der Waals surface area contributed by atoms with Crippen molar-refractivity contribution >= 4 is 35.0 Å². The number of esters is 2. The lowest BCUT2D eigenvalue weighted by molar-refractivity contribution is -0.258. The quantitative estimate of drug-likeness (QED) is 0.214. The van der Waals surface area contributed by atoms with Crippen LogP contribution in [0.1, 0.15) is 19.4 Å². The molecule has 4 aliphatic rings. The number of urea groups is 1. The first kappa shape index (κ1) is 36.9. The molecule has 0 bridgehead atoms. The van der Waals surface area contributed by atoms with Gasteiger partial charge in [-0.1, -0.05) is 6.07 Å². The van der Waals surface area contributed by atoms with Crippen LogP contribution in [0.2, 0.25) is 0 Å². The molecule has 3 aromatic carbocycles. The molecule has 0 N–H and O–H groups in total. The number of hydrogen-bond donors (Lipinski definition) is 0. The van der Waals surface area contributed by atoms with Gasteiger partial charge >= 0.3 is 23.9 Å². The van der Waals surface area contributed by atoms with Gasteiger partial charge < -0.3 is 33.5 Å². The van der Waals surface area contributed by atoms with Gasteiger partial charge in [0.05, 0.1) is 13.2 Å². The van der Waals surface area contributed by atoms with Gasteiger partial charge in [0, 0.05) is 73.1 Å². The molecule has 4 aliphatic heterocycles. The summed E-state index contributed by atoms with van der Waals surface area (Å²) < 4.78 is 59.3. The number of anilines is 3. The van der Waals surface area contributed by atoms with Gasteiger partial charge in [-0.15, -0.1) is 0 Å². The summed E-state index contributed by atoms with van der Waals surface area (Å²) in [5.74, 6) is -4.25. The molecule has 1 aromatic heterocycles. The molecule has 4 aromatic rings. The molecule has 2 atom stereocenters. The minimum Gasteiger partial charge on any atom is -0.488 e. The lowest BCUT2D eigenvalue weighted by atomic mass is 9.94. The molecule has 292 valence electrons. The molecule has 0 saturated carbocycles. The number of aromatic nitrogens is 3. The first-order valence-corrected chi connectivity index (χ1v) is 18.2. The van der Waals surface area contributed by atoms with Crippen molar-refractivity contribution in [2.24, 2.45) is 0 Å². The van der Waals surface area contributed by atoms with E-state index in [0.29, 0.717) is 11.4 Å². The minimum absolute atomic E-state index is 0.00355. The van der Waals surface area contributed by atoms with Gasteiger partial charge in [-0.05, 0) is 68.4 Å². The zero-order valence-electron chi connectivity index (χ0n) is 30.6. The maximum atomic E-state index is 14.9. The number of ether oxygens (including phenoxy) is 5. The van der Waals surface area contributed by atoms with Crippen molar-refractivity contribution in [1.29, 1.82) is 0 Å². The predicted octanol–water partition coefficient (Wildman–Crippen LogP) is 4.19. The van der Waals surface area contributed by atoms with Gasteiger partial charge in [0.15, 0.2) is 6.29 Å². The fraction of sp³-hybridized carbons (Fsp3) is 0.359. The zero-order chi connectivity index (χ0) is 39.0. The monoisotopic (exact) mass is 771 g/mol. The fourth-order valence-electron chi connectivity index (χ4n) is 7.50. The van der Waals surface area contributed by atoms with Gasteiger partial charge in [0.25, 0.3) is 0 Å². The van der Waals surface area contributed by atoms with Crippen molar-refractivity contribution in [3.8, 4) is 5.75 Å². The summed E-state index contributed by atoms with van der Waals surface area (Å²) in [5, 5.41) is 4.12. The van der Waals surface area contributed by atoms with Crippen LogP contribution in [-0.2, 0) is 40.7 Å². The van der Waals surface area contributed by atoms with Crippen molar-refractivity contribution in [2.75, 3.05) is 60.6 Å². The van der Waals surface area contributed by atoms with Crippen LogP contribution >= 0.6 is 0 Å². The molecular weight excluding hydrogens is 732 g/mol. The Bertz CT molecular complexity index is 2090. The summed E-state index contributed by atoms with van der Waals surface area (Å²) in [6.07, 6.45) is 4.02. The normalized spacial score (nSPS) is 22.2. The highest BCUT2D eigenvalue weighted by atomic mass is 19.1. The molecule has 3 saturated heterocycles. The van der Waals surface area contributed by atoms with Crippen LogP contribution in [0.5, 0.6) is 5.75 Å². The van der Waals surface area contributed by atoms with Crippen LogP contribution in [0.3, 0.4) is 0 Å². The third-order valence-corrected chi connectivity index (χ3v) is 10.1. The number of carbonyl (C=O) groups is 3. The molecule has 0 radical (unpaired) electrons. The highest BCUT2D eigenvalue weighted by Gasteiger charge is 2.58. The highest BCUT2D eigenvalue weighted by Crippen LogP contribution is 2.39. The van der Waals surface area contributed by atoms with E-state index < -0.39 is 53.4 Å². The Balaban J connectivity index is 0.852. The number of hydrogen-bond acceptors (Lipinski definition) is 12. The first-order chi connectivity index (χ1) is 27.0. The second-order valence-electron chi connectivity index (χ2n) is 14.1. The van der Waals surface area contributed by atoms with E-state index in [1.165, 1.54) is 39.3 Å². The molecule has 8 rings (SSSR count). The molecular formula is C39H39F2N7O8. The number of carbonyl (C=O) groups excluding carboxylic acids is 3. The molecule has 2 amide bonds. The molecule has 5 heterocycles. The Morgan fingerprint density at radius 1 is 0.857 bits per heavy atom. The van der Waals surface area contributed by atoms with Crippen molar-refractivity contribution in [3.63, 3.8) is 0 Å². The van der Waals surface area contributed by atoms with Crippen LogP contribution in [-0.4, -0.2) is 102 Å². The van der Waals surface area contributed by atoms with Gasteiger partial charge in [0.2, 0.25) is 0 Å². The third kappa shape index (κ3) is 7.22. The van der Waals surface area contributed by atoms with E-state index in [0.717, 1.165) is 55.8 Å². The van der Waals surface area contributed by atoms with Crippen LogP contribution in [0.25, 0.3) is 0 Å². The summed E-state index contributed by atoms with van der Waals surface area (Å²) in [4.78, 5) is 49.3. The summed E-state index contributed by atoms with van der Waals surface area (Å²) in [5.41, 5.74) is 1.49. The fourth-order valence-corrected chi connectivity index (χ4v) is 7.50.